The lowest BCUT2D eigenvalue weighted by atomic mass is 10.1. The minimum absolute atomic E-state index is 0.0417. The predicted molar refractivity (Wildman–Crippen MR) is 108 cm³/mol. The van der Waals surface area contributed by atoms with Crippen LogP contribution in [0, 0.1) is 0 Å². The maximum absolute atomic E-state index is 12.1. The number of halogens is 1. The Balaban J connectivity index is 0.000000568. The number of carboxylic acids is 1. The molecule has 154 valence electrons. The molecule has 0 saturated heterocycles. The standard InChI is InChI=1S/C15H13ClO5S.C5H12O/c16-12-6-8-13(9-7-12)22(19,20)21-14(15(17)18)10-11-4-2-1-3-5-11;1-5(2,3)6-4/h1-9,14H,10H2,(H,17,18);1-4H3/t14-;/m0./s1. The van der Waals surface area contributed by atoms with Crippen molar-refractivity contribution in [1.29, 1.82) is 0 Å². The van der Waals surface area contributed by atoms with Gasteiger partial charge in [-0.15, -0.1) is 0 Å². The molecule has 1 N–H and O–H groups in total. The third-order valence-corrected chi connectivity index (χ3v) is 5.08. The summed E-state index contributed by atoms with van der Waals surface area (Å²) in [5, 5.41) is 9.55. The maximum atomic E-state index is 12.1. The van der Waals surface area contributed by atoms with Crippen molar-refractivity contribution in [2.24, 2.45) is 0 Å². The molecule has 0 spiro atoms. The van der Waals surface area contributed by atoms with Crippen LogP contribution in [0.25, 0.3) is 0 Å². The molecule has 28 heavy (non-hydrogen) atoms. The first kappa shape index (κ1) is 24.1. The van der Waals surface area contributed by atoms with Gasteiger partial charge in [0.2, 0.25) is 0 Å². The van der Waals surface area contributed by atoms with Crippen molar-refractivity contribution in [3.63, 3.8) is 0 Å². The molecule has 0 heterocycles. The molecule has 2 rings (SSSR count). The van der Waals surface area contributed by atoms with Crippen LogP contribution in [0.4, 0.5) is 0 Å². The van der Waals surface area contributed by atoms with E-state index in [1.54, 1.807) is 37.4 Å². The smallest absolute Gasteiger partial charge is 0.334 e. The van der Waals surface area contributed by atoms with Gasteiger partial charge in [-0.1, -0.05) is 41.9 Å². The molecule has 0 amide bonds. The molecule has 6 nitrogen and oxygen atoms in total. The molecule has 2 aromatic rings. The highest BCUT2D eigenvalue weighted by Gasteiger charge is 2.27. The minimum Gasteiger partial charge on any atom is -0.479 e. The summed E-state index contributed by atoms with van der Waals surface area (Å²) in [7, 11) is -2.47. The van der Waals surface area contributed by atoms with Crippen molar-refractivity contribution in [2.45, 2.75) is 43.8 Å². The Morgan fingerprint density at radius 2 is 1.57 bits per heavy atom. The van der Waals surface area contributed by atoms with Gasteiger partial charge in [-0.25, -0.2) is 4.79 Å². The van der Waals surface area contributed by atoms with Gasteiger partial charge in [-0.05, 0) is 50.6 Å². The number of carbonyl (C=O) groups is 1. The van der Waals surface area contributed by atoms with Crippen molar-refractivity contribution in [3.8, 4) is 0 Å². The first-order valence-corrected chi connectivity index (χ1v) is 10.2. The largest absolute Gasteiger partial charge is 0.479 e. The van der Waals surface area contributed by atoms with Crippen LogP contribution in [0.15, 0.2) is 59.5 Å². The summed E-state index contributed by atoms with van der Waals surface area (Å²) in [6.07, 6.45) is -1.55. The molecule has 0 unspecified atom stereocenters. The van der Waals surface area contributed by atoms with Crippen LogP contribution in [0.2, 0.25) is 5.02 Å². The number of hydrogen-bond donors (Lipinski definition) is 1. The molecule has 2 aromatic carbocycles. The van der Waals surface area contributed by atoms with E-state index in [1.807, 2.05) is 20.8 Å². The Bertz CT molecular complexity index is 843. The molecule has 0 aliphatic carbocycles. The lowest BCUT2D eigenvalue weighted by Crippen LogP contribution is -2.29. The van der Waals surface area contributed by atoms with Gasteiger partial charge in [-0.3, -0.25) is 4.18 Å². The van der Waals surface area contributed by atoms with E-state index in [-0.39, 0.29) is 16.9 Å². The Hall–Kier alpha value is -1.93. The Kier molecular flexibility index (Phi) is 9.10. The molecule has 1 atom stereocenters. The van der Waals surface area contributed by atoms with E-state index < -0.39 is 22.2 Å². The van der Waals surface area contributed by atoms with E-state index in [0.717, 1.165) is 0 Å². The monoisotopic (exact) mass is 428 g/mol. The van der Waals surface area contributed by atoms with Gasteiger partial charge in [0.05, 0.1) is 10.5 Å². The second-order valence-electron chi connectivity index (χ2n) is 6.84. The molecular formula is C20H25ClO6S. The number of carboxylic acid groups (broad SMARTS) is 1. The zero-order valence-electron chi connectivity index (χ0n) is 16.3. The van der Waals surface area contributed by atoms with Gasteiger partial charge >= 0.3 is 5.97 Å². The first-order valence-electron chi connectivity index (χ1n) is 8.45. The summed E-state index contributed by atoms with van der Waals surface area (Å²) in [4.78, 5) is 11.1. The Morgan fingerprint density at radius 3 is 2.00 bits per heavy atom. The van der Waals surface area contributed by atoms with Crippen LogP contribution in [0.5, 0.6) is 0 Å². The zero-order valence-corrected chi connectivity index (χ0v) is 17.8. The van der Waals surface area contributed by atoms with Crippen LogP contribution in [0.1, 0.15) is 26.3 Å². The molecule has 0 fully saturated rings. The van der Waals surface area contributed by atoms with Crippen LogP contribution < -0.4 is 0 Å². The molecular weight excluding hydrogens is 404 g/mol. The Morgan fingerprint density at radius 1 is 1.07 bits per heavy atom. The topological polar surface area (TPSA) is 89.9 Å². The molecule has 0 aliphatic heterocycles. The van der Waals surface area contributed by atoms with Crippen molar-refractivity contribution in [3.05, 3.63) is 65.2 Å². The SMILES string of the molecule is COC(C)(C)C.O=C(O)[C@H](Cc1ccccc1)OS(=O)(=O)c1ccc(Cl)cc1. The molecule has 0 bridgehead atoms. The number of aliphatic carboxylic acids is 1. The molecule has 0 radical (unpaired) electrons. The fourth-order valence-electron chi connectivity index (χ4n) is 1.80. The number of ether oxygens (including phenoxy) is 1. The van der Waals surface area contributed by atoms with Gasteiger partial charge < -0.3 is 9.84 Å². The van der Waals surface area contributed by atoms with E-state index >= 15 is 0 Å². The third-order valence-electron chi connectivity index (χ3n) is 3.50. The average Bonchev–Trinajstić information content (AvgIpc) is 2.62. The number of hydrogen-bond acceptors (Lipinski definition) is 5. The van der Waals surface area contributed by atoms with Crippen molar-refractivity contribution >= 4 is 27.7 Å². The summed E-state index contributed by atoms with van der Waals surface area (Å²) in [6.45, 7) is 6.06. The minimum atomic E-state index is -4.18. The van der Waals surface area contributed by atoms with Crippen molar-refractivity contribution in [2.75, 3.05) is 7.11 Å². The highest BCUT2D eigenvalue weighted by atomic mass is 35.5. The summed E-state index contributed by atoms with van der Waals surface area (Å²) in [6, 6.07) is 14.0. The van der Waals surface area contributed by atoms with E-state index in [0.29, 0.717) is 10.6 Å². The molecule has 0 aliphatic rings. The van der Waals surface area contributed by atoms with Crippen molar-refractivity contribution in [1.82, 2.24) is 0 Å². The van der Waals surface area contributed by atoms with Gasteiger partial charge in [0.15, 0.2) is 6.10 Å². The summed E-state index contributed by atoms with van der Waals surface area (Å²) in [5.74, 6) is -1.35. The van der Waals surface area contributed by atoms with E-state index in [2.05, 4.69) is 0 Å². The van der Waals surface area contributed by atoms with Crippen LogP contribution in [-0.4, -0.2) is 38.3 Å². The van der Waals surface area contributed by atoms with Crippen LogP contribution in [-0.2, 0) is 30.3 Å². The third kappa shape index (κ3) is 8.84. The lowest BCUT2D eigenvalue weighted by Gasteiger charge is -2.14. The maximum Gasteiger partial charge on any atom is 0.334 e. The number of rotatable bonds is 6. The second-order valence-corrected chi connectivity index (χ2v) is 8.85. The highest BCUT2D eigenvalue weighted by molar-refractivity contribution is 7.86. The second kappa shape index (κ2) is 10.6. The van der Waals surface area contributed by atoms with Gasteiger partial charge in [0, 0.05) is 18.6 Å². The quantitative estimate of drug-likeness (QED) is 0.694. The normalized spacial score (nSPS) is 12.6. The number of methoxy groups -OCH3 is 1. The molecule has 8 heteroatoms. The predicted octanol–water partition coefficient (Wildman–Crippen LogP) is 4.17. The van der Waals surface area contributed by atoms with Gasteiger partial charge in [0.25, 0.3) is 10.1 Å². The molecule has 0 saturated carbocycles. The van der Waals surface area contributed by atoms with E-state index in [4.69, 9.17) is 20.5 Å². The average molecular weight is 429 g/mol. The highest BCUT2D eigenvalue weighted by Crippen LogP contribution is 2.19. The first-order chi connectivity index (χ1) is 12.9. The summed E-state index contributed by atoms with van der Waals surface area (Å²) < 4.78 is 34.0. The lowest BCUT2D eigenvalue weighted by molar-refractivity contribution is -0.144. The summed E-state index contributed by atoms with van der Waals surface area (Å²) >= 11 is 5.70. The fourth-order valence-corrected chi connectivity index (χ4v) is 2.96. The van der Waals surface area contributed by atoms with Crippen LogP contribution >= 0.6 is 11.6 Å². The van der Waals surface area contributed by atoms with Gasteiger partial charge in [-0.2, -0.15) is 8.42 Å². The summed E-state index contributed by atoms with van der Waals surface area (Å²) in [5.41, 5.74) is 0.709. The van der Waals surface area contributed by atoms with Gasteiger partial charge in [0.1, 0.15) is 0 Å². The molecule has 0 aromatic heterocycles. The fraction of sp³-hybridized carbons (Fsp3) is 0.350. The van der Waals surface area contributed by atoms with E-state index in [1.165, 1.54) is 24.3 Å². The van der Waals surface area contributed by atoms with Crippen LogP contribution in [0.3, 0.4) is 0 Å². The number of benzene rings is 2. The van der Waals surface area contributed by atoms with Crippen molar-refractivity contribution < 1.29 is 27.2 Å². The Labute approximate surface area is 171 Å². The van der Waals surface area contributed by atoms with E-state index in [9.17, 15) is 18.3 Å². The zero-order chi connectivity index (χ0) is 21.4.